The van der Waals surface area contributed by atoms with Crippen LogP contribution in [-0.4, -0.2) is 16.8 Å². The molecule has 5 heteroatoms. The van der Waals surface area contributed by atoms with Gasteiger partial charge >= 0.3 is 0 Å². The molecule has 1 aliphatic rings. The van der Waals surface area contributed by atoms with Gasteiger partial charge in [0.2, 0.25) is 0 Å². The number of nitrogens with one attached hydrogen (secondary N) is 1. The van der Waals surface area contributed by atoms with Crippen molar-refractivity contribution in [2.24, 2.45) is 0 Å². The summed E-state index contributed by atoms with van der Waals surface area (Å²) in [5, 5.41) is 7.52. The average molecular weight is 275 g/mol. The average Bonchev–Trinajstić information content (AvgIpc) is 2.95. The second kappa shape index (κ2) is 5.25. The fourth-order valence-corrected chi connectivity index (χ4v) is 2.64. The van der Waals surface area contributed by atoms with E-state index in [2.05, 4.69) is 10.4 Å². The SMILES string of the molecule is CCn1cc(C2CC(NC)c3cc(F)ccc3O2)cn1. The summed E-state index contributed by atoms with van der Waals surface area (Å²) in [5.74, 6) is 0.510. The zero-order valence-corrected chi connectivity index (χ0v) is 11.6. The predicted molar refractivity (Wildman–Crippen MR) is 74.1 cm³/mol. The van der Waals surface area contributed by atoms with Crippen LogP contribution in [-0.2, 0) is 6.54 Å². The van der Waals surface area contributed by atoms with Crippen LogP contribution in [0.4, 0.5) is 4.39 Å². The van der Waals surface area contributed by atoms with Gasteiger partial charge in [0.05, 0.1) is 6.20 Å². The summed E-state index contributed by atoms with van der Waals surface area (Å²) in [6, 6.07) is 4.77. The largest absolute Gasteiger partial charge is 0.485 e. The normalized spacial score (nSPS) is 21.4. The molecule has 2 heterocycles. The first kappa shape index (κ1) is 13.1. The molecule has 2 unspecified atom stereocenters. The van der Waals surface area contributed by atoms with E-state index in [-0.39, 0.29) is 18.0 Å². The standard InChI is InChI=1S/C15H18FN3O/c1-3-19-9-10(8-18-19)15-7-13(17-2)12-6-11(16)4-5-14(12)20-15/h4-6,8-9,13,15,17H,3,7H2,1-2H3. The number of fused-ring (bicyclic) bond motifs is 1. The van der Waals surface area contributed by atoms with Gasteiger partial charge in [-0.3, -0.25) is 4.68 Å². The molecule has 0 spiro atoms. The molecule has 1 aliphatic heterocycles. The van der Waals surface area contributed by atoms with Crippen molar-refractivity contribution in [2.45, 2.75) is 32.0 Å². The fraction of sp³-hybridized carbons (Fsp3) is 0.400. The monoisotopic (exact) mass is 275 g/mol. The van der Waals surface area contributed by atoms with E-state index in [1.807, 2.05) is 31.0 Å². The van der Waals surface area contributed by atoms with E-state index in [0.29, 0.717) is 0 Å². The summed E-state index contributed by atoms with van der Waals surface area (Å²) < 4.78 is 21.3. The van der Waals surface area contributed by atoms with Crippen LogP contribution >= 0.6 is 0 Å². The highest BCUT2D eigenvalue weighted by atomic mass is 19.1. The van der Waals surface area contributed by atoms with E-state index in [1.165, 1.54) is 6.07 Å². The molecule has 2 atom stereocenters. The minimum atomic E-state index is -0.232. The summed E-state index contributed by atoms with van der Waals surface area (Å²) in [5.41, 5.74) is 1.94. The van der Waals surface area contributed by atoms with Gasteiger partial charge in [0.15, 0.2) is 0 Å². The zero-order chi connectivity index (χ0) is 14.1. The lowest BCUT2D eigenvalue weighted by molar-refractivity contribution is 0.153. The van der Waals surface area contributed by atoms with Crippen LogP contribution in [0.3, 0.4) is 0 Å². The van der Waals surface area contributed by atoms with Crippen LogP contribution in [0.5, 0.6) is 5.75 Å². The molecule has 2 aromatic rings. The van der Waals surface area contributed by atoms with Crippen molar-refractivity contribution in [2.75, 3.05) is 7.05 Å². The van der Waals surface area contributed by atoms with Crippen molar-refractivity contribution in [1.82, 2.24) is 15.1 Å². The third kappa shape index (κ3) is 2.29. The molecule has 3 rings (SSSR count). The summed E-state index contributed by atoms with van der Waals surface area (Å²) in [7, 11) is 1.89. The van der Waals surface area contributed by atoms with Crippen molar-refractivity contribution >= 4 is 0 Å². The number of rotatable bonds is 3. The van der Waals surface area contributed by atoms with E-state index in [1.54, 1.807) is 12.1 Å². The molecule has 106 valence electrons. The van der Waals surface area contributed by atoms with Gasteiger partial charge in [0.25, 0.3) is 0 Å². The lowest BCUT2D eigenvalue weighted by Crippen LogP contribution is -2.26. The first-order valence-electron chi connectivity index (χ1n) is 6.87. The molecule has 1 aromatic carbocycles. The van der Waals surface area contributed by atoms with Crippen molar-refractivity contribution < 1.29 is 9.13 Å². The Hall–Kier alpha value is -1.88. The van der Waals surface area contributed by atoms with Crippen molar-refractivity contribution in [3.63, 3.8) is 0 Å². The van der Waals surface area contributed by atoms with Gasteiger partial charge in [0.1, 0.15) is 17.7 Å². The van der Waals surface area contributed by atoms with Gasteiger partial charge in [-0.25, -0.2) is 4.39 Å². The van der Waals surface area contributed by atoms with Gasteiger partial charge in [-0.1, -0.05) is 0 Å². The van der Waals surface area contributed by atoms with Gasteiger partial charge in [-0.15, -0.1) is 0 Å². The Morgan fingerprint density at radius 1 is 1.50 bits per heavy atom. The third-order valence-corrected chi connectivity index (χ3v) is 3.76. The molecule has 0 radical (unpaired) electrons. The lowest BCUT2D eigenvalue weighted by atomic mass is 9.94. The van der Waals surface area contributed by atoms with Crippen LogP contribution in [0.15, 0.2) is 30.6 Å². The Bertz CT molecular complexity index is 611. The number of hydrogen-bond donors (Lipinski definition) is 1. The molecule has 1 N–H and O–H groups in total. The van der Waals surface area contributed by atoms with Gasteiger partial charge in [-0.05, 0) is 32.2 Å². The van der Waals surface area contributed by atoms with E-state index in [9.17, 15) is 4.39 Å². The van der Waals surface area contributed by atoms with E-state index in [4.69, 9.17) is 4.74 Å². The van der Waals surface area contributed by atoms with Gasteiger partial charge < -0.3 is 10.1 Å². The first-order valence-corrected chi connectivity index (χ1v) is 6.87. The smallest absolute Gasteiger partial charge is 0.129 e. The molecule has 20 heavy (non-hydrogen) atoms. The molecule has 0 amide bonds. The van der Waals surface area contributed by atoms with Crippen LogP contribution in [0.2, 0.25) is 0 Å². The second-order valence-electron chi connectivity index (χ2n) is 4.99. The zero-order valence-electron chi connectivity index (χ0n) is 11.6. The van der Waals surface area contributed by atoms with Crippen LogP contribution in [0.1, 0.15) is 36.6 Å². The maximum atomic E-state index is 13.4. The minimum absolute atomic E-state index is 0.0503. The number of ether oxygens (including phenoxy) is 1. The van der Waals surface area contributed by atoms with E-state index >= 15 is 0 Å². The Balaban J connectivity index is 1.92. The Morgan fingerprint density at radius 3 is 3.05 bits per heavy atom. The molecule has 0 bridgehead atoms. The Labute approximate surface area is 117 Å². The van der Waals surface area contributed by atoms with Crippen molar-refractivity contribution in [3.8, 4) is 5.75 Å². The molecule has 4 nitrogen and oxygen atoms in total. The maximum Gasteiger partial charge on any atom is 0.129 e. The molecule has 0 saturated carbocycles. The second-order valence-corrected chi connectivity index (χ2v) is 4.99. The van der Waals surface area contributed by atoms with E-state index < -0.39 is 0 Å². The summed E-state index contributed by atoms with van der Waals surface area (Å²) in [6.07, 6.45) is 4.56. The summed E-state index contributed by atoms with van der Waals surface area (Å²) in [6.45, 7) is 2.89. The highest BCUT2D eigenvalue weighted by molar-refractivity contribution is 5.39. The van der Waals surface area contributed by atoms with Crippen LogP contribution in [0.25, 0.3) is 0 Å². The number of aromatic nitrogens is 2. The van der Waals surface area contributed by atoms with Crippen LogP contribution < -0.4 is 10.1 Å². The highest BCUT2D eigenvalue weighted by Gasteiger charge is 2.29. The molecule has 0 aliphatic carbocycles. The molecule has 1 aromatic heterocycles. The van der Waals surface area contributed by atoms with E-state index in [0.717, 1.165) is 29.8 Å². The maximum absolute atomic E-state index is 13.4. The number of benzene rings is 1. The molecular weight excluding hydrogens is 257 g/mol. The molecule has 0 fully saturated rings. The molecule has 0 saturated heterocycles. The topological polar surface area (TPSA) is 39.1 Å². The predicted octanol–water partition coefficient (Wildman–Crippen LogP) is 2.83. The number of nitrogens with zero attached hydrogens (tertiary/aromatic N) is 2. The summed E-state index contributed by atoms with van der Waals surface area (Å²) >= 11 is 0. The first-order chi connectivity index (χ1) is 9.71. The minimum Gasteiger partial charge on any atom is -0.485 e. The quantitative estimate of drug-likeness (QED) is 0.936. The third-order valence-electron chi connectivity index (χ3n) is 3.76. The lowest BCUT2D eigenvalue weighted by Gasteiger charge is -2.31. The van der Waals surface area contributed by atoms with Crippen molar-refractivity contribution in [1.29, 1.82) is 0 Å². The number of halogens is 1. The van der Waals surface area contributed by atoms with Gasteiger partial charge in [-0.2, -0.15) is 5.10 Å². The van der Waals surface area contributed by atoms with Gasteiger partial charge in [0, 0.05) is 36.3 Å². The Kier molecular flexibility index (Phi) is 3.44. The highest BCUT2D eigenvalue weighted by Crippen LogP contribution is 2.40. The number of aryl methyl sites for hydroxylation is 1. The molecular formula is C15H18FN3O. The van der Waals surface area contributed by atoms with Crippen LogP contribution in [0, 0.1) is 5.82 Å². The van der Waals surface area contributed by atoms with Crippen molar-refractivity contribution in [3.05, 3.63) is 47.5 Å². The Morgan fingerprint density at radius 2 is 2.35 bits per heavy atom. The fourth-order valence-electron chi connectivity index (χ4n) is 2.64. The number of hydrogen-bond acceptors (Lipinski definition) is 3. The summed E-state index contributed by atoms with van der Waals surface area (Å²) in [4.78, 5) is 0.